The molecule has 0 unspecified atom stereocenters. The summed E-state index contributed by atoms with van der Waals surface area (Å²) in [6, 6.07) is 9.74. The average Bonchev–Trinajstić information content (AvgIpc) is 2.98. The molecule has 2 N–H and O–H groups in total. The van der Waals surface area contributed by atoms with Gasteiger partial charge in [0.15, 0.2) is 5.11 Å². The van der Waals surface area contributed by atoms with Gasteiger partial charge in [-0.2, -0.15) is 10.2 Å². The lowest BCUT2D eigenvalue weighted by molar-refractivity contribution is 0.0389. The maximum atomic E-state index is 6.47. The van der Waals surface area contributed by atoms with E-state index >= 15 is 0 Å². The largest absolute Gasteiger partial charge is 0.379 e. The van der Waals surface area contributed by atoms with Gasteiger partial charge < -0.3 is 10.1 Å². The average molecular weight is 407 g/mol. The predicted octanol–water partition coefficient (Wildman–Crippen LogP) is 1.96. The molecule has 0 atom stereocenters. The Kier molecular flexibility index (Phi) is 7.17. The molecule has 2 heterocycles. The van der Waals surface area contributed by atoms with Crippen LogP contribution in [0.2, 0.25) is 5.15 Å². The fraction of sp³-hybridized carbons (Fsp3) is 0.389. The first kappa shape index (κ1) is 19.8. The second kappa shape index (κ2) is 9.80. The third kappa shape index (κ3) is 5.49. The number of hydrogen-bond donors (Lipinski definition) is 2. The number of hydrogen-bond acceptors (Lipinski definition) is 5. The van der Waals surface area contributed by atoms with Gasteiger partial charge in [0.25, 0.3) is 0 Å². The highest BCUT2D eigenvalue weighted by molar-refractivity contribution is 7.80. The second-order valence-electron chi connectivity index (χ2n) is 6.12. The molecule has 0 radical (unpaired) electrons. The Labute approximate surface area is 169 Å². The lowest BCUT2D eigenvalue weighted by Gasteiger charge is -2.26. The Morgan fingerprint density at radius 3 is 2.81 bits per heavy atom. The van der Waals surface area contributed by atoms with Crippen molar-refractivity contribution in [3.63, 3.8) is 0 Å². The standard InChI is InChI=1S/C18H23ClN6OS/c1-14-16(17(19)25(23-14)15-5-3-2-4-6-15)13-21-22-18(27)20-7-8-24-9-11-26-12-10-24/h2-6,13H,7-12H2,1H3,(H2,20,22,27). The minimum absolute atomic E-state index is 0.476. The molecular formula is C18H23ClN6OS. The van der Waals surface area contributed by atoms with Gasteiger partial charge in [-0.1, -0.05) is 29.8 Å². The highest BCUT2D eigenvalue weighted by Gasteiger charge is 2.13. The Balaban J connectivity index is 1.50. The Hall–Kier alpha value is -2.00. The maximum absolute atomic E-state index is 6.47. The summed E-state index contributed by atoms with van der Waals surface area (Å²) >= 11 is 11.7. The minimum Gasteiger partial charge on any atom is -0.379 e. The van der Waals surface area contributed by atoms with E-state index in [1.807, 2.05) is 37.3 Å². The number of aromatic nitrogens is 2. The normalized spacial score (nSPS) is 15.2. The van der Waals surface area contributed by atoms with Crippen LogP contribution in [0.3, 0.4) is 0 Å². The number of rotatable bonds is 6. The molecular weight excluding hydrogens is 384 g/mol. The van der Waals surface area contributed by atoms with Crippen LogP contribution in [0.4, 0.5) is 0 Å². The van der Waals surface area contributed by atoms with Crippen molar-refractivity contribution in [2.45, 2.75) is 6.92 Å². The van der Waals surface area contributed by atoms with Crippen molar-refractivity contribution >= 4 is 35.1 Å². The zero-order chi connectivity index (χ0) is 19.1. The fourth-order valence-electron chi connectivity index (χ4n) is 2.75. The van der Waals surface area contributed by atoms with Crippen molar-refractivity contribution in [1.82, 2.24) is 25.4 Å². The van der Waals surface area contributed by atoms with Gasteiger partial charge in [-0.25, -0.2) is 4.68 Å². The smallest absolute Gasteiger partial charge is 0.187 e. The van der Waals surface area contributed by atoms with Gasteiger partial charge >= 0.3 is 0 Å². The van der Waals surface area contributed by atoms with E-state index in [2.05, 4.69) is 25.8 Å². The third-order valence-corrected chi connectivity index (χ3v) is 4.83. The summed E-state index contributed by atoms with van der Waals surface area (Å²) in [5.41, 5.74) is 5.27. The van der Waals surface area contributed by atoms with Crippen molar-refractivity contribution in [3.05, 3.63) is 46.7 Å². The lowest BCUT2D eigenvalue weighted by atomic mass is 10.3. The molecule has 27 heavy (non-hydrogen) atoms. The summed E-state index contributed by atoms with van der Waals surface area (Å²) in [5.74, 6) is 0. The summed E-state index contributed by atoms with van der Waals surface area (Å²) in [6.45, 7) is 7.09. The van der Waals surface area contributed by atoms with Crippen LogP contribution in [-0.2, 0) is 4.74 Å². The lowest BCUT2D eigenvalue weighted by Crippen LogP contribution is -2.42. The molecule has 9 heteroatoms. The molecule has 1 aromatic heterocycles. The van der Waals surface area contributed by atoms with Crippen molar-refractivity contribution in [2.75, 3.05) is 39.4 Å². The molecule has 1 saturated heterocycles. The van der Waals surface area contributed by atoms with Gasteiger partial charge in [-0.05, 0) is 31.3 Å². The number of benzene rings is 1. The van der Waals surface area contributed by atoms with Crippen LogP contribution in [0.5, 0.6) is 0 Å². The number of halogens is 1. The van der Waals surface area contributed by atoms with E-state index in [9.17, 15) is 0 Å². The van der Waals surface area contributed by atoms with E-state index < -0.39 is 0 Å². The van der Waals surface area contributed by atoms with Crippen molar-refractivity contribution in [1.29, 1.82) is 0 Å². The first-order chi connectivity index (χ1) is 13.1. The number of aryl methyl sites for hydroxylation is 1. The zero-order valence-electron chi connectivity index (χ0n) is 15.2. The molecule has 0 amide bonds. The highest BCUT2D eigenvalue weighted by atomic mass is 35.5. The van der Waals surface area contributed by atoms with E-state index in [-0.39, 0.29) is 0 Å². The summed E-state index contributed by atoms with van der Waals surface area (Å²) in [4.78, 5) is 2.34. The molecule has 0 bridgehead atoms. The van der Waals surface area contributed by atoms with Crippen molar-refractivity contribution in [2.24, 2.45) is 5.10 Å². The molecule has 1 aliphatic rings. The van der Waals surface area contributed by atoms with Crippen LogP contribution in [0.25, 0.3) is 5.69 Å². The van der Waals surface area contributed by atoms with Gasteiger partial charge in [0.1, 0.15) is 5.15 Å². The molecule has 0 spiro atoms. The summed E-state index contributed by atoms with van der Waals surface area (Å²) in [6.07, 6.45) is 1.64. The number of morpholine rings is 1. The Bertz CT molecular complexity index is 789. The number of para-hydroxylation sites is 1. The van der Waals surface area contributed by atoms with Crippen LogP contribution in [0.1, 0.15) is 11.3 Å². The molecule has 1 fully saturated rings. The van der Waals surface area contributed by atoms with Crippen LogP contribution >= 0.6 is 23.8 Å². The molecule has 0 aliphatic carbocycles. The summed E-state index contributed by atoms with van der Waals surface area (Å²) < 4.78 is 7.03. The third-order valence-electron chi connectivity index (χ3n) is 4.23. The fourth-order valence-corrected chi connectivity index (χ4v) is 3.22. The van der Waals surface area contributed by atoms with Gasteiger partial charge in [0.2, 0.25) is 0 Å². The van der Waals surface area contributed by atoms with E-state index in [1.165, 1.54) is 0 Å². The van der Waals surface area contributed by atoms with Gasteiger partial charge in [-0.3, -0.25) is 10.3 Å². The second-order valence-corrected chi connectivity index (χ2v) is 6.88. The van der Waals surface area contributed by atoms with E-state index in [1.54, 1.807) is 10.9 Å². The summed E-state index contributed by atoms with van der Waals surface area (Å²) in [5, 5.41) is 12.8. The van der Waals surface area contributed by atoms with E-state index in [0.717, 1.165) is 56.3 Å². The molecule has 0 saturated carbocycles. The first-order valence-corrected chi connectivity index (χ1v) is 9.61. The SMILES string of the molecule is Cc1nn(-c2ccccc2)c(Cl)c1C=NNC(=S)NCCN1CCOCC1. The predicted molar refractivity (Wildman–Crippen MR) is 112 cm³/mol. The Morgan fingerprint density at radius 2 is 2.07 bits per heavy atom. The van der Waals surface area contributed by atoms with Gasteiger partial charge in [0.05, 0.1) is 36.4 Å². The Morgan fingerprint density at radius 1 is 1.33 bits per heavy atom. The highest BCUT2D eigenvalue weighted by Crippen LogP contribution is 2.21. The number of thiocarbonyl (C=S) groups is 1. The number of nitrogens with one attached hydrogen (secondary N) is 2. The van der Waals surface area contributed by atoms with Crippen LogP contribution in [0.15, 0.2) is 35.4 Å². The quantitative estimate of drug-likeness (QED) is 0.434. The van der Waals surface area contributed by atoms with E-state index in [4.69, 9.17) is 28.6 Å². The van der Waals surface area contributed by atoms with Gasteiger partial charge in [0, 0.05) is 26.2 Å². The van der Waals surface area contributed by atoms with Crippen molar-refractivity contribution in [3.8, 4) is 5.69 Å². The topological polar surface area (TPSA) is 66.7 Å². The summed E-state index contributed by atoms with van der Waals surface area (Å²) in [7, 11) is 0. The molecule has 144 valence electrons. The number of nitrogens with zero attached hydrogens (tertiary/aromatic N) is 4. The minimum atomic E-state index is 0.476. The first-order valence-electron chi connectivity index (χ1n) is 8.82. The zero-order valence-corrected chi connectivity index (χ0v) is 16.8. The van der Waals surface area contributed by atoms with E-state index in [0.29, 0.717) is 10.3 Å². The molecule has 1 aliphatic heterocycles. The molecule has 7 nitrogen and oxygen atoms in total. The van der Waals surface area contributed by atoms with Crippen LogP contribution < -0.4 is 10.7 Å². The molecule has 2 aromatic rings. The van der Waals surface area contributed by atoms with Gasteiger partial charge in [-0.15, -0.1) is 0 Å². The van der Waals surface area contributed by atoms with Crippen LogP contribution in [0, 0.1) is 6.92 Å². The number of hydrazone groups is 1. The number of ether oxygens (including phenoxy) is 1. The monoisotopic (exact) mass is 406 g/mol. The van der Waals surface area contributed by atoms with Crippen LogP contribution in [-0.4, -0.2) is 65.4 Å². The molecule has 1 aromatic carbocycles. The molecule has 3 rings (SSSR count). The van der Waals surface area contributed by atoms with Crippen molar-refractivity contribution < 1.29 is 4.74 Å². The maximum Gasteiger partial charge on any atom is 0.187 e.